The fourth-order valence-corrected chi connectivity index (χ4v) is 3.35. The molecule has 1 N–H and O–H groups in total. The van der Waals surface area contributed by atoms with Gasteiger partial charge in [0, 0.05) is 25.6 Å². The van der Waals surface area contributed by atoms with Gasteiger partial charge in [0.1, 0.15) is 0 Å². The van der Waals surface area contributed by atoms with E-state index >= 15 is 0 Å². The Morgan fingerprint density at radius 2 is 1.86 bits per heavy atom. The number of rotatable bonds is 8. The Hall–Kier alpha value is -1.40. The van der Waals surface area contributed by atoms with Crippen LogP contribution in [0, 0.1) is 6.92 Å². The van der Waals surface area contributed by atoms with Gasteiger partial charge in [0.25, 0.3) is 0 Å². The van der Waals surface area contributed by atoms with E-state index in [1.165, 1.54) is 16.1 Å². The van der Waals surface area contributed by atoms with E-state index in [9.17, 15) is 13.2 Å². The van der Waals surface area contributed by atoms with E-state index < -0.39 is 10.0 Å². The van der Waals surface area contributed by atoms with Crippen molar-refractivity contribution in [1.82, 2.24) is 9.62 Å². The molecule has 0 saturated carbocycles. The molecule has 22 heavy (non-hydrogen) atoms. The molecule has 1 atom stereocenters. The number of carbonyl (C=O) groups excluding carboxylic acids is 1. The second-order valence-electron chi connectivity index (χ2n) is 5.64. The zero-order valence-corrected chi connectivity index (χ0v) is 14.6. The Labute approximate surface area is 133 Å². The average molecular weight is 326 g/mol. The summed E-state index contributed by atoms with van der Waals surface area (Å²) in [4.78, 5) is 11.9. The molecule has 1 aromatic carbocycles. The van der Waals surface area contributed by atoms with Crippen LogP contribution < -0.4 is 5.32 Å². The van der Waals surface area contributed by atoms with Gasteiger partial charge in [-0.1, -0.05) is 36.8 Å². The number of hydrogen-bond donors (Lipinski definition) is 1. The number of nitrogens with one attached hydrogen (secondary N) is 1. The molecular weight excluding hydrogens is 300 g/mol. The van der Waals surface area contributed by atoms with Gasteiger partial charge < -0.3 is 5.32 Å². The smallest absolute Gasteiger partial charge is 0.221 e. The highest BCUT2D eigenvalue weighted by atomic mass is 32.2. The highest BCUT2D eigenvalue weighted by molar-refractivity contribution is 7.88. The maximum Gasteiger partial charge on any atom is 0.221 e. The SMILES string of the molecule is CCC(C)N(CCC(=O)NCc1ccc(C)cc1)S(C)(=O)=O. The topological polar surface area (TPSA) is 66.5 Å². The molecule has 1 unspecified atom stereocenters. The lowest BCUT2D eigenvalue weighted by Crippen LogP contribution is -2.40. The number of nitrogens with zero attached hydrogens (tertiary/aromatic N) is 1. The van der Waals surface area contributed by atoms with Crippen molar-refractivity contribution in [2.45, 2.75) is 46.2 Å². The molecule has 0 radical (unpaired) electrons. The molecule has 0 aliphatic rings. The summed E-state index contributed by atoms with van der Waals surface area (Å²) >= 11 is 0. The van der Waals surface area contributed by atoms with Crippen LogP contribution >= 0.6 is 0 Å². The second-order valence-corrected chi connectivity index (χ2v) is 7.58. The van der Waals surface area contributed by atoms with Gasteiger partial charge in [-0.25, -0.2) is 8.42 Å². The summed E-state index contributed by atoms with van der Waals surface area (Å²) in [7, 11) is -3.29. The first kappa shape index (κ1) is 18.6. The van der Waals surface area contributed by atoms with Gasteiger partial charge in [0.05, 0.1) is 6.26 Å². The monoisotopic (exact) mass is 326 g/mol. The summed E-state index contributed by atoms with van der Waals surface area (Å²) in [6.45, 7) is 6.47. The van der Waals surface area contributed by atoms with Crippen LogP contribution in [-0.4, -0.2) is 37.5 Å². The van der Waals surface area contributed by atoms with Crippen molar-refractivity contribution in [1.29, 1.82) is 0 Å². The van der Waals surface area contributed by atoms with Crippen molar-refractivity contribution in [2.75, 3.05) is 12.8 Å². The molecule has 0 bridgehead atoms. The van der Waals surface area contributed by atoms with Crippen molar-refractivity contribution >= 4 is 15.9 Å². The number of carbonyl (C=O) groups is 1. The number of benzene rings is 1. The maximum atomic E-state index is 11.9. The first-order valence-corrected chi connectivity index (χ1v) is 9.38. The number of aryl methyl sites for hydroxylation is 1. The van der Waals surface area contributed by atoms with Crippen LogP contribution in [0.2, 0.25) is 0 Å². The maximum absolute atomic E-state index is 11.9. The number of amides is 1. The van der Waals surface area contributed by atoms with Gasteiger partial charge in [0.2, 0.25) is 15.9 Å². The molecule has 0 saturated heterocycles. The van der Waals surface area contributed by atoms with Crippen LogP contribution in [0.5, 0.6) is 0 Å². The molecule has 6 heteroatoms. The molecule has 124 valence electrons. The van der Waals surface area contributed by atoms with Gasteiger partial charge in [-0.05, 0) is 25.8 Å². The molecule has 5 nitrogen and oxygen atoms in total. The summed E-state index contributed by atoms with van der Waals surface area (Å²) in [5, 5.41) is 2.82. The summed E-state index contributed by atoms with van der Waals surface area (Å²) in [5.74, 6) is -0.141. The minimum absolute atomic E-state index is 0.0973. The van der Waals surface area contributed by atoms with Crippen LogP contribution in [0.1, 0.15) is 37.8 Å². The summed E-state index contributed by atoms with van der Waals surface area (Å²) < 4.78 is 24.9. The highest BCUT2D eigenvalue weighted by Gasteiger charge is 2.22. The zero-order valence-electron chi connectivity index (χ0n) is 13.8. The minimum Gasteiger partial charge on any atom is -0.352 e. The molecule has 0 spiro atoms. The minimum atomic E-state index is -3.29. The largest absolute Gasteiger partial charge is 0.352 e. The van der Waals surface area contributed by atoms with Crippen molar-refractivity contribution in [3.8, 4) is 0 Å². The Morgan fingerprint density at radius 3 is 2.36 bits per heavy atom. The van der Waals surface area contributed by atoms with Gasteiger partial charge in [-0.15, -0.1) is 0 Å². The third kappa shape index (κ3) is 6.15. The first-order chi connectivity index (χ1) is 10.2. The molecule has 0 aliphatic heterocycles. The third-order valence-corrected chi connectivity index (χ3v) is 5.07. The molecule has 0 aliphatic carbocycles. The molecule has 0 heterocycles. The average Bonchev–Trinajstić information content (AvgIpc) is 2.45. The van der Waals surface area contributed by atoms with E-state index in [0.29, 0.717) is 6.54 Å². The van der Waals surface area contributed by atoms with Gasteiger partial charge in [-0.3, -0.25) is 4.79 Å². The summed E-state index contributed by atoms with van der Waals surface area (Å²) in [6.07, 6.45) is 2.07. The van der Waals surface area contributed by atoms with Crippen LogP contribution in [0.4, 0.5) is 0 Å². The van der Waals surface area contributed by atoms with Crippen molar-refractivity contribution in [3.63, 3.8) is 0 Å². The molecular formula is C16H26N2O3S. The Kier molecular flexibility index (Phi) is 7.03. The predicted octanol–water partition coefficient (Wildman–Crippen LogP) is 2.06. The fourth-order valence-electron chi connectivity index (χ4n) is 2.12. The van der Waals surface area contributed by atoms with E-state index in [1.807, 2.05) is 45.0 Å². The zero-order chi connectivity index (χ0) is 16.8. The van der Waals surface area contributed by atoms with Crippen LogP contribution in [0.15, 0.2) is 24.3 Å². The molecule has 1 rings (SSSR count). The lowest BCUT2D eigenvalue weighted by Gasteiger charge is -2.25. The van der Waals surface area contributed by atoms with E-state index in [2.05, 4.69) is 5.32 Å². The van der Waals surface area contributed by atoms with Crippen molar-refractivity contribution in [2.24, 2.45) is 0 Å². The van der Waals surface area contributed by atoms with E-state index in [1.54, 1.807) is 0 Å². The second kappa shape index (κ2) is 8.29. The molecule has 1 amide bonds. The van der Waals surface area contributed by atoms with Crippen molar-refractivity contribution < 1.29 is 13.2 Å². The summed E-state index contributed by atoms with van der Waals surface area (Å²) in [6, 6.07) is 7.83. The molecule has 1 aromatic rings. The van der Waals surface area contributed by atoms with Gasteiger partial charge in [-0.2, -0.15) is 4.31 Å². The van der Waals surface area contributed by atoms with E-state index in [-0.39, 0.29) is 24.9 Å². The normalized spacial score (nSPS) is 13.1. The van der Waals surface area contributed by atoms with Gasteiger partial charge >= 0.3 is 0 Å². The Balaban J connectivity index is 2.48. The first-order valence-electron chi connectivity index (χ1n) is 7.53. The fraction of sp³-hybridized carbons (Fsp3) is 0.562. The predicted molar refractivity (Wildman–Crippen MR) is 88.9 cm³/mol. The van der Waals surface area contributed by atoms with Gasteiger partial charge in [0.15, 0.2) is 0 Å². The number of hydrogen-bond acceptors (Lipinski definition) is 3. The third-order valence-electron chi connectivity index (χ3n) is 3.68. The molecule has 0 aromatic heterocycles. The van der Waals surface area contributed by atoms with E-state index in [4.69, 9.17) is 0 Å². The van der Waals surface area contributed by atoms with Crippen LogP contribution in [0.3, 0.4) is 0 Å². The highest BCUT2D eigenvalue weighted by Crippen LogP contribution is 2.09. The lowest BCUT2D eigenvalue weighted by atomic mass is 10.1. The standard InChI is InChI=1S/C16H26N2O3S/c1-5-14(3)18(22(4,20)21)11-10-16(19)17-12-15-8-6-13(2)7-9-15/h6-9,14H,5,10-12H2,1-4H3,(H,17,19). The van der Waals surface area contributed by atoms with Crippen LogP contribution in [-0.2, 0) is 21.4 Å². The van der Waals surface area contributed by atoms with Crippen LogP contribution in [0.25, 0.3) is 0 Å². The van der Waals surface area contributed by atoms with Crippen molar-refractivity contribution in [3.05, 3.63) is 35.4 Å². The Morgan fingerprint density at radius 1 is 1.27 bits per heavy atom. The molecule has 0 fully saturated rings. The number of sulfonamides is 1. The lowest BCUT2D eigenvalue weighted by molar-refractivity contribution is -0.121. The van der Waals surface area contributed by atoms with E-state index in [0.717, 1.165) is 12.0 Å². The quantitative estimate of drug-likeness (QED) is 0.795. The Bertz CT molecular complexity index is 582. The summed E-state index contributed by atoms with van der Waals surface area (Å²) in [5.41, 5.74) is 2.20.